The average Bonchev–Trinajstić information content (AvgIpc) is 2.27. The zero-order valence-corrected chi connectivity index (χ0v) is 11.5. The summed E-state index contributed by atoms with van der Waals surface area (Å²) in [5, 5.41) is 2.91. The van der Waals surface area contributed by atoms with Crippen molar-refractivity contribution in [2.24, 2.45) is 5.92 Å². The van der Waals surface area contributed by atoms with Crippen LogP contribution >= 0.6 is 0 Å². The Balaban J connectivity index is 2.52. The number of anilines is 1. The van der Waals surface area contributed by atoms with Crippen LogP contribution in [0.5, 0.6) is 0 Å². The van der Waals surface area contributed by atoms with Gasteiger partial charge in [0.15, 0.2) is 0 Å². The third kappa shape index (κ3) is 5.89. The molecular formula is C13H20F3N3. The van der Waals surface area contributed by atoms with E-state index in [1.807, 2.05) is 6.92 Å². The minimum absolute atomic E-state index is 0.0341. The molecule has 19 heavy (non-hydrogen) atoms. The summed E-state index contributed by atoms with van der Waals surface area (Å²) in [6.07, 6.45) is -0.280. The number of aromatic nitrogens is 2. The maximum absolute atomic E-state index is 12.5. The van der Waals surface area contributed by atoms with Crippen LogP contribution in [0.3, 0.4) is 0 Å². The Morgan fingerprint density at radius 1 is 1.21 bits per heavy atom. The van der Waals surface area contributed by atoms with Gasteiger partial charge in [-0.05, 0) is 25.3 Å². The first kappa shape index (κ1) is 15.7. The molecule has 1 heterocycles. The van der Waals surface area contributed by atoms with Crippen molar-refractivity contribution in [1.29, 1.82) is 0 Å². The summed E-state index contributed by atoms with van der Waals surface area (Å²) < 4.78 is 37.4. The molecule has 0 aliphatic carbocycles. The van der Waals surface area contributed by atoms with Crippen molar-refractivity contribution in [1.82, 2.24) is 9.97 Å². The summed E-state index contributed by atoms with van der Waals surface area (Å²) in [5.41, 5.74) is -0.917. The quantitative estimate of drug-likeness (QED) is 0.848. The van der Waals surface area contributed by atoms with Gasteiger partial charge in [0, 0.05) is 12.2 Å². The maximum Gasteiger partial charge on any atom is 0.433 e. The Morgan fingerprint density at radius 3 is 2.47 bits per heavy atom. The molecule has 108 valence electrons. The minimum atomic E-state index is -4.43. The van der Waals surface area contributed by atoms with E-state index in [0.717, 1.165) is 31.5 Å². The smallest absolute Gasteiger partial charge is 0.352 e. The number of nitrogens with one attached hydrogen (secondary N) is 1. The summed E-state index contributed by atoms with van der Waals surface area (Å²) in [7, 11) is 0. The van der Waals surface area contributed by atoms with Crippen molar-refractivity contribution in [3.05, 3.63) is 18.0 Å². The lowest BCUT2D eigenvalue weighted by Gasteiger charge is -2.15. The second-order valence-electron chi connectivity index (χ2n) is 5.13. The number of hydrogen-bond acceptors (Lipinski definition) is 3. The molecule has 0 fully saturated rings. The molecule has 1 aromatic heterocycles. The highest BCUT2D eigenvalue weighted by Gasteiger charge is 2.32. The summed E-state index contributed by atoms with van der Waals surface area (Å²) in [6.45, 7) is 6.21. The van der Waals surface area contributed by atoms with Gasteiger partial charge in [0.25, 0.3) is 0 Å². The van der Waals surface area contributed by atoms with Crippen molar-refractivity contribution < 1.29 is 13.2 Å². The van der Waals surface area contributed by atoms with Gasteiger partial charge in [-0.15, -0.1) is 0 Å². The number of hydrogen-bond donors (Lipinski definition) is 1. The van der Waals surface area contributed by atoms with Crippen LogP contribution in [0, 0.1) is 5.92 Å². The first-order chi connectivity index (χ1) is 8.79. The van der Waals surface area contributed by atoms with E-state index in [4.69, 9.17) is 0 Å². The first-order valence-corrected chi connectivity index (χ1v) is 6.46. The molecule has 0 aliphatic rings. The molecule has 0 aromatic carbocycles. The van der Waals surface area contributed by atoms with E-state index in [1.165, 1.54) is 0 Å². The van der Waals surface area contributed by atoms with Crippen molar-refractivity contribution in [3.63, 3.8) is 0 Å². The zero-order chi connectivity index (χ0) is 14.5. The molecule has 0 saturated heterocycles. The second kappa shape index (κ2) is 6.73. The normalized spacial score (nSPS) is 13.6. The lowest BCUT2D eigenvalue weighted by Crippen LogP contribution is -2.19. The van der Waals surface area contributed by atoms with E-state index in [2.05, 4.69) is 29.1 Å². The number of alkyl halides is 3. The zero-order valence-electron chi connectivity index (χ0n) is 11.5. The van der Waals surface area contributed by atoms with Crippen molar-refractivity contribution >= 4 is 5.95 Å². The van der Waals surface area contributed by atoms with Gasteiger partial charge in [-0.1, -0.05) is 26.7 Å². The molecule has 1 unspecified atom stereocenters. The van der Waals surface area contributed by atoms with Gasteiger partial charge >= 0.3 is 6.18 Å². The van der Waals surface area contributed by atoms with Crippen molar-refractivity contribution in [2.45, 2.75) is 52.3 Å². The molecule has 0 spiro atoms. The number of halogens is 3. The van der Waals surface area contributed by atoms with Gasteiger partial charge in [0.05, 0.1) is 0 Å². The molecule has 1 atom stereocenters. The van der Waals surface area contributed by atoms with Crippen molar-refractivity contribution in [3.8, 4) is 0 Å². The lowest BCUT2D eigenvalue weighted by molar-refractivity contribution is -0.141. The Kier molecular flexibility index (Phi) is 5.57. The molecule has 0 saturated carbocycles. The minimum Gasteiger partial charge on any atom is -0.352 e. The summed E-state index contributed by atoms with van der Waals surface area (Å²) in [6, 6.07) is 0.927. The van der Waals surface area contributed by atoms with Crippen LogP contribution in [0.1, 0.15) is 45.7 Å². The third-order valence-corrected chi connectivity index (χ3v) is 2.74. The molecule has 0 aliphatic heterocycles. The predicted molar refractivity (Wildman–Crippen MR) is 68.8 cm³/mol. The van der Waals surface area contributed by atoms with Crippen LogP contribution in [0.25, 0.3) is 0 Å². The van der Waals surface area contributed by atoms with E-state index in [0.29, 0.717) is 5.92 Å². The molecule has 3 nitrogen and oxygen atoms in total. The van der Waals surface area contributed by atoms with E-state index in [9.17, 15) is 13.2 Å². The Morgan fingerprint density at radius 2 is 1.89 bits per heavy atom. The highest BCUT2D eigenvalue weighted by Crippen LogP contribution is 2.27. The molecule has 6 heteroatoms. The van der Waals surface area contributed by atoms with Crippen LogP contribution in [-0.4, -0.2) is 16.0 Å². The van der Waals surface area contributed by atoms with Crippen molar-refractivity contribution in [2.75, 3.05) is 5.32 Å². The Bertz CT molecular complexity index is 391. The van der Waals surface area contributed by atoms with Gasteiger partial charge in [0.1, 0.15) is 5.69 Å². The molecular weight excluding hydrogens is 255 g/mol. The van der Waals surface area contributed by atoms with E-state index in [1.54, 1.807) is 0 Å². The van der Waals surface area contributed by atoms with Crippen LogP contribution in [-0.2, 0) is 6.18 Å². The molecule has 1 N–H and O–H groups in total. The highest BCUT2D eigenvalue weighted by atomic mass is 19.4. The molecule has 1 rings (SSSR count). The van der Waals surface area contributed by atoms with Crippen LogP contribution < -0.4 is 5.32 Å². The largest absolute Gasteiger partial charge is 0.433 e. The second-order valence-corrected chi connectivity index (χ2v) is 5.13. The van der Waals surface area contributed by atoms with E-state index >= 15 is 0 Å². The van der Waals surface area contributed by atoms with E-state index in [-0.39, 0.29) is 12.0 Å². The lowest BCUT2D eigenvalue weighted by atomic mass is 10.0. The van der Waals surface area contributed by atoms with Crippen LogP contribution in [0.4, 0.5) is 19.1 Å². The molecule has 0 radical (unpaired) electrons. The van der Waals surface area contributed by atoms with Gasteiger partial charge in [-0.2, -0.15) is 13.2 Å². The van der Waals surface area contributed by atoms with E-state index < -0.39 is 11.9 Å². The van der Waals surface area contributed by atoms with Gasteiger partial charge in [-0.3, -0.25) is 0 Å². The molecule has 1 aromatic rings. The Labute approximate surface area is 111 Å². The fourth-order valence-electron chi connectivity index (χ4n) is 1.71. The Hall–Kier alpha value is -1.33. The SMILES string of the molecule is CC(C)CCCC(C)Nc1nccc(C(F)(F)F)n1. The predicted octanol–water partition coefficient (Wildman–Crippen LogP) is 4.12. The van der Waals surface area contributed by atoms with Gasteiger partial charge in [0.2, 0.25) is 5.95 Å². The fraction of sp³-hybridized carbons (Fsp3) is 0.692. The summed E-state index contributed by atoms with van der Waals surface area (Å²) >= 11 is 0. The first-order valence-electron chi connectivity index (χ1n) is 6.46. The molecule has 0 amide bonds. The third-order valence-electron chi connectivity index (χ3n) is 2.74. The number of rotatable bonds is 6. The number of nitrogens with zero attached hydrogens (tertiary/aromatic N) is 2. The molecule has 0 bridgehead atoms. The monoisotopic (exact) mass is 275 g/mol. The highest BCUT2D eigenvalue weighted by molar-refractivity contribution is 5.27. The van der Waals surface area contributed by atoms with Gasteiger partial charge < -0.3 is 5.32 Å². The maximum atomic E-state index is 12.5. The fourth-order valence-corrected chi connectivity index (χ4v) is 1.71. The summed E-state index contributed by atoms with van der Waals surface area (Å²) in [5.74, 6) is 0.670. The average molecular weight is 275 g/mol. The van der Waals surface area contributed by atoms with Crippen LogP contribution in [0.15, 0.2) is 12.3 Å². The standard InChI is InChI=1S/C13H20F3N3/c1-9(2)5-4-6-10(3)18-12-17-8-7-11(19-12)13(14,15)16/h7-10H,4-6H2,1-3H3,(H,17,18,19). The van der Waals surface area contributed by atoms with Gasteiger partial charge in [-0.25, -0.2) is 9.97 Å². The summed E-state index contributed by atoms with van der Waals surface area (Å²) in [4.78, 5) is 7.29. The van der Waals surface area contributed by atoms with Crippen LogP contribution in [0.2, 0.25) is 0 Å². The topological polar surface area (TPSA) is 37.8 Å².